The largest absolute Gasteiger partial charge is 0.326 e. The summed E-state index contributed by atoms with van der Waals surface area (Å²) in [6.07, 6.45) is 0.323. The molecule has 0 saturated carbocycles. The first kappa shape index (κ1) is 16.0. The fraction of sp³-hybridized carbons (Fsp3) is 0.438. The van der Waals surface area contributed by atoms with Crippen LogP contribution in [-0.4, -0.2) is 17.7 Å². The van der Waals surface area contributed by atoms with Gasteiger partial charge >= 0.3 is 0 Å². The van der Waals surface area contributed by atoms with Gasteiger partial charge in [0.25, 0.3) is 11.8 Å². The predicted molar refractivity (Wildman–Crippen MR) is 82.9 cm³/mol. The molecule has 3 amide bonds. The molecule has 6 nitrogen and oxygen atoms in total. The minimum Gasteiger partial charge on any atom is -0.326 e. The molecule has 0 radical (unpaired) electrons. The quantitative estimate of drug-likeness (QED) is 0.722. The highest BCUT2D eigenvalue weighted by atomic mass is 16.2. The van der Waals surface area contributed by atoms with Gasteiger partial charge in [0.1, 0.15) is 5.92 Å². The lowest BCUT2D eigenvalue weighted by Gasteiger charge is -2.16. The van der Waals surface area contributed by atoms with Gasteiger partial charge in [-0.1, -0.05) is 32.0 Å². The van der Waals surface area contributed by atoms with E-state index in [0.29, 0.717) is 5.92 Å². The Labute approximate surface area is 129 Å². The van der Waals surface area contributed by atoms with Gasteiger partial charge in [-0.15, -0.1) is 0 Å². The van der Waals surface area contributed by atoms with E-state index in [1.54, 1.807) is 0 Å². The SMILES string of the molecule is Cc1cccc(C(C)C)c1NC(=O)CCC1C(=O)NNC1=O. The first-order valence-corrected chi connectivity index (χ1v) is 7.39. The highest BCUT2D eigenvalue weighted by molar-refractivity contribution is 6.05. The van der Waals surface area contributed by atoms with E-state index in [0.717, 1.165) is 16.8 Å². The predicted octanol–water partition coefficient (Wildman–Crippen LogP) is 1.61. The van der Waals surface area contributed by atoms with E-state index in [1.807, 2.05) is 25.1 Å². The molecule has 1 fully saturated rings. The van der Waals surface area contributed by atoms with Crippen LogP contribution in [0.2, 0.25) is 0 Å². The molecule has 1 heterocycles. The van der Waals surface area contributed by atoms with Gasteiger partial charge < -0.3 is 5.32 Å². The van der Waals surface area contributed by atoms with Crippen LogP contribution in [0.3, 0.4) is 0 Å². The molecule has 1 aromatic rings. The van der Waals surface area contributed by atoms with E-state index in [4.69, 9.17) is 0 Å². The number of hydrazine groups is 1. The zero-order valence-electron chi connectivity index (χ0n) is 13.0. The van der Waals surface area contributed by atoms with Crippen LogP contribution in [0.4, 0.5) is 5.69 Å². The third-order valence-corrected chi connectivity index (χ3v) is 3.79. The van der Waals surface area contributed by atoms with Crippen molar-refractivity contribution in [2.24, 2.45) is 5.92 Å². The molecule has 2 rings (SSSR count). The second kappa shape index (κ2) is 6.60. The van der Waals surface area contributed by atoms with E-state index in [-0.39, 0.29) is 30.6 Å². The summed E-state index contributed by atoms with van der Waals surface area (Å²) in [4.78, 5) is 35.0. The Morgan fingerprint density at radius 1 is 1.23 bits per heavy atom. The minimum atomic E-state index is -0.785. The standard InChI is InChI=1S/C16H21N3O3/c1-9(2)11-6-4-5-10(3)14(11)17-13(20)8-7-12-15(21)18-19-16(12)22/h4-6,9,12H,7-8H2,1-3H3,(H,17,20)(H,18,21)(H,19,22). The van der Waals surface area contributed by atoms with E-state index in [1.165, 1.54) is 0 Å². The molecule has 118 valence electrons. The molecular formula is C16H21N3O3. The Kier molecular flexibility index (Phi) is 4.80. The van der Waals surface area contributed by atoms with Gasteiger partial charge in [0.05, 0.1) is 0 Å². The van der Waals surface area contributed by atoms with Gasteiger partial charge in [0.15, 0.2) is 0 Å². The number of carbonyl (C=O) groups is 3. The molecule has 1 aliphatic rings. The van der Waals surface area contributed by atoms with Crippen molar-refractivity contribution in [3.05, 3.63) is 29.3 Å². The first-order valence-electron chi connectivity index (χ1n) is 7.39. The van der Waals surface area contributed by atoms with E-state index >= 15 is 0 Å². The lowest BCUT2D eigenvalue weighted by atomic mass is 9.97. The summed E-state index contributed by atoms with van der Waals surface area (Å²) in [5, 5.41) is 2.91. The molecule has 22 heavy (non-hydrogen) atoms. The Bertz CT molecular complexity index is 595. The maximum Gasteiger partial charge on any atom is 0.251 e. The van der Waals surface area contributed by atoms with Gasteiger partial charge in [-0.3, -0.25) is 25.2 Å². The number of benzene rings is 1. The summed E-state index contributed by atoms with van der Waals surface area (Å²) < 4.78 is 0. The van der Waals surface area contributed by atoms with Gasteiger partial charge in [-0.25, -0.2) is 0 Å². The topological polar surface area (TPSA) is 87.3 Å². The van der Waals surface area contributed by atoms with Crippen LogP contribution in [0.1, 0.15) is 43.7 Å². The average molecular weight is 303 g/mol. The smallest absolute Gasteiger partial charge is 0.251 e. The van der Waals surface area contributed by atoms with Crippen molar-refractivity contribution in [1.82, 2.24) is 10.9 Å². The minimum absolute atomic E-state index is 0.122. The van der Waals surface area contributed by atoms with Gasteiger partial charge in [0.2, 0.25) is 5.91 Å². The molecule has 1 aromatic carbocycles. The molecule has 0 atom stereocenters. The van der Waals surface area contributed by atoms with Gasteiger partial charge in [-0.2, -0.15) is 0 Å². The summed E-state index contributed by atoms with van der Waals surface area (Å²) in [7, 11) is 0. The number of nitrogens with one attached hydrogen (secondary N) is 3. The summed E-state index contributed by atoms with van der Waals surface area (Å²) in [5.41, 5.74) is 7.40. The third-order valence-electron chi connectivity index (χ3n) is 3.79. The maximum absolute atomic E-state index is 12.1. The zero-order chi connectivity index (χ0) is 16.3. The van der Waals surface area contributed by atoms with E-state index < -0.39 is 5.92 Å². The summed E-state index contributed by atoms with van der Waals surface area (Å²) >= 11 is 0. The molecule has 0 aromatic heterocycles. The van der Waals surface area contributed by atoms with Crippen LogP contribution in [-0.2, 0) is 14.4 Å². The van der Waals surface area contributed by atoms with Crippen LogP contribution in [0.15, 0.2) is 18.2 Å². The number of carbonyl (C=O) groups excluding carboxylic acids is 3. The molecule has 0 spiro atoms. The summed E-state index contributed by atoms with van der Waals surface area (Å²) in [5.74, 6) is -1.44. The summed E-state index contributed by atoms with van der Waals surface area (Å²) in [6, 6.07) is 5.90. The molecule has 1 saturated heterocycles. The number of hydrogen-bond acceptors (Lipinski definition) is 3. The van der Waals surface area contributed by atoms with E-state index in [2.05, 4.69) is 30.0 Å². The van der Waals surface area contributed by atoms with E-state index in [9.17, 15) is 14.4 Å². The first-order chi connectivity index (χ1) is 10.4. The molecular weight excluding hydrogens is 282 g/mol. The Hall–Kier alpha value is -2.37. The van der Waals surface area contributed by atoms with Crippen molar-refractivity contribution in [2.45, 2.75) is 39.5 Å². The average Bonchev–Trinajstić information content (AvgIpc) is 2.77. The highest BCUT2D eigenvalue weighted by Gasteiger charge is 2.32. The van der Waals surface area contributed by atoms with Crippen molar-refractivity contribution in [3.8, 4) is 0 Å². The van der Waals surface area contributed by atoms with Gasteiger partial charge in [0, 0.05) is 12.1 Å². The monoisotopic (exact) mass is 303 g/mol. The Morgan fingerprint density at radius 2 is 1.86 bits per heavy atom. The highest BCUT2D eigenvalue weighted by Crippen LogP contribution is 2.27. The fourth-order valence-electron chi connectivity index (χ4n) is 2.50. The van der Waals surface area contributed by atoms with Crippen LogP contribution in [0, 0.1) is 12.8 Å². The molecule has 3 N–H and O–H groups in total. The zero-order valence-corrected chi connectivity index (χ0v) is 13.0. The molecule has 1 aliphatic heterocycles. The third kappa shape index (κ3) is 3.44. The second-order valence-electron chi connectivity index (χ2n) is 5.81. The number of amides is 3. The van der Waals surface area contributed by atoms with Crippen molar-refractivity contribution in [2.75, 3.05) is 5.32 Å². The molecule has 0 bridgehead atoms. The number of rotatable bonds is 5. The Balaban J connectivity index is 2.01. The maximum atomic E-state index is 12.1. The van der Waals surface area contributed by atoms with Crippen molar-refractivity contribution in [1.29, 1.82) is 0 Å². The molecule has 0 unspecified atom stereocenters. The van der Waals surface area contributed by atoms with Crippen molar-refractivity contribution in [3.63, 3.8) is 0 Å². The van der Waals surface area contributed by atoms with Crippen LogP contribution in [0.5, 0.6) is 0 Å². The molecule has 0 aliphatic carbocycles. The molecule has 6 heteroatoms. The number of aryl methyl sites for hydroxylation is 1. The van der Waals surface area contributed by atoms with Crippen LogP contribution in [0.25, 0.3) is 0 Å². The number of anilines is 1. The number of para-hydroxylation sites is 1. The second-order valence-corrected chi connectivity index (χ2v) is 5.81. The van der Waals surface area contributed by atoms with Crippen molar-refractivity contribution < 1.29 is 14.4 Å². The summed E-state index contributed by atoms with van der Waals surface area (Å²) in [6.45, 7) is 6.08. The van der Waals surface area contributed by atoms with Crippen LogP contribution >= 0.6 is 0 Å². The lowest BCUT2D eigenvalue weighted by molar-refractivity contribution is -0.128. The van der Waals surface area contributed by atoms with Gasteiger partial charge in [-0.05, 0) is 30.4 Å². The van der Waals surface area contributed by atoms with Crippen LogP contribution < -0.4 is 16.2 Å². The van der Waals surface area contributed by atoms with Crippen molar-refractivity contribution >= 4 is 23.4 Å². The lowest BCUT2D eigenvalue weighted by Crippen LogP contribution is -2.28. The Morgan fingerprint density at radius 3 is 2.45 bits per heavy atom. The fourth-order valence-corrected chi connectivity index (χ4v) is 2.50. The number of hydrogen-bond donors (Lipinski definition) is 3. The normalized spacial score (nSPS) is 14.9.